The number of nitrogens with zero attached hydrogens (tertiary/aromatic N) is 1. The van der Waals surface area contributed by atoms with Gasteiger partial charge in [0.15, 0.2) is 0 Å². The third-order valence-corrected chi connectivity index (χ3v) is 8.41. The summed E-state index contributed by atoms with van der Waals surface area (Å²) in [7, 11) is -3.87. The van der Waals surface area contributed by atoms with Crippen LogP contribution in [0.2, 0.25) is 0 Å². The summed E-state index contributed by atoms with van der Waals surface area (Å²) in [5.74, 6) is 1.00. The van der Waals surface area contributed by atoms with Gasteiger partial charge in [0.25, 0.3) is 10.0 Å². The van der Waals surface area contributed by atoms with Gasteiger partial charge >= 0.3 is 0 Å². The Hall–Kier alpha value is -1.86. The summed E-state index contributed by atoms with van der Waals surface area (Å²) in [6.07, 6.45) is 4.61. The summed E-state index contributed by atoms with van der Waals surface area (Å²) in [5, 5.41) is 3.10. The van der Waals surface area contributed by atoms with Crippen molar-refractivity contribution in [3.05, 3.63) is 58.6 Å². The number of nitrogens with one attached hydrogen (secondary N) is 1. The molecule has 5 nitrogen and oxygen atoms in total. The van der Waals surface area contributed by atoms with E-state index in [-0.39, 0.29) is 23.4 Å². The van der Waals surface area contributed by atoms with E-state index < -0.39 is 10.0 Å². The SMILES string of the molecule is Cc1ccc(S(=O)(=O)N(CC(=O)N[C@@H]2C[C@H]3CC[C@@H]2C3)c2ccc(Br)cc2)cc1. The van der Waals surface area contributed by atoms with Crippen molar-refractivity contribution in [1.29, 1.82) is 0 Å². The number of halogens is 1. The van der Waals surface area contributed by atoms with Gasteiger partial charge in [0, 0.05) is 10.5 Å². The lowest BCUT2D eigenvalue weighted by Gasteiger charge is -2.27. The van der Waals surface area contributed by atoms with Crippen molar-refractivity contribution in [2.24, 2.45) is 11.8 Å². The van der Waals surface area contributed by atoms with Crippen molar-refractivity contribution >= 4 is 37.5 Å². The van der Waals surface area contributed by atoms with Crippen molar-refractivity contribution in [3.63, 3.8) is 0 Å². The third kappa shape index (κ3) is 4.36. The number of aryl methyl sites for hydroxylation is 1. The summed E-state index contributed by atoms with van der Waals surface area (Å²) >= 11 is 3.38. The first-order valence-corrected chi connectivity index (χ1v) is 12.2. The third-order valence-electron chi connectivity index (χ3n) is 6.10. The molecule has 0 radical (unpaired) electrons. The Kier molecular flexibility index (Phi) is 5.71. The van der Waals surface area contributed by atoms with Crippen molar-refractivity contribution in [2.45, 2.75) is 43.5 Å². The molecule has 0 spiro atoms. The van der Waals surface area contributed by atoms with Crippen molar-refractivity contribution in [2.75, 3.05) is 10.8 Å². The van der Waals surface area contributed by atoms with Crippen molar-refractivity contribution in [3.8, 4) is 0 Å². The van der Waals surface area contributed by atoms with Gasteiger partial charge in [0.2, 0.25) is 5.91 Å². The zero-order chi connectivity index (χ0) is 20.6. The van der Waals surface area contributed by atoms with Gasteiger partial charge in [-0.3, -0.25) is 9.10 Å². The minimum atomic E-state index is -3.87. The van der Waals surface area contributed by atoms with Gasteiger partial charge in [-0.05, 0) is 74.4 Å². The highest BCUT2D eigenvalue weighted by Gasteiger charge is 2.40. The quantitative estimate of drug-likeness (QED) is 0.677. The zero-order valence-electron chi connectivity index (χ0n) is 16.3. The predicted molar refractivity (Wildman–Crippen MR) is 117 cm³/mol. The van der Waals surface area contributed by atoms with E-state index in [1.165, 1.54) is 17.1 Å². The molecular formula is C22H25BrN2O3S. The van der Waals surface area contributed by atoms with Gasteiger partial charge in [0.05, 0.1) is 10.6 Å². The molecule has 2 fully saturated rings. The van der Waals surface area contributed by atoms with E-state index in [2.05, 4.69) is 21.2 Å². The Balaban J connectivity index is 1.59. The van der Waals surface area contributed by atoms with Crippen LogP contribution in [0.15, 0.2) is 57.9 Å². The number of fused-ring (bicyclic) bond motifs is 2. The van der Waals surface area contributed by atoms with Crippen LogP contribution in [-0.4, -0.2) is 26.9 Å². The number of hydrogen-bond donors (Lipinski definition) is 1. The fraction of sp³-hybridized carbons (Fsp3) is 0.409. The van der Waals surface area contributed by atoms with Crippen LogP contribution in [0.5, 0.6) is 0 Å². The van der Waals surface area contributed by atoms with E-state index in [9.17, 15) is 13.2 Å². The molecule has 2 aliphatic rings. The number of anilines is 1. The summed E-state index contributed by atoms with van der Waals surface area (Å²) in [5.41, 5.74) is 1.45. The number of carbonyl (C=O) groups excluding carboxylic acids is 1. The molecule has 2 aromatic carbocycles. The molecule has 0 unspecified atom stereocenters. The Morgan fingerprint density at radius 1 is 1.07 bits per heavy atom. The summed E-state index contributed by atoms with van der Waals surface area (Å²) < 4.78 is 28.8. The second kappa shape index (κ2) is 8.11. The highest BCUT2D eigenvalue weighted by Crippen LogP contribution is 2.44. The van der Waals surface area contributed by atoms with Crippen LogP contribution in [0.3, 0.4) is 0 Å². The second-order valence-corrected chi connectivity index (χ2v) is 10.9. The Morgan fingerprint density at radius 2 is 1.76 bits per heavy atom. The van der Waals surface area contributed by atoms with E-state index >= 15 is 0 Å². The maximum Gasteiger partial charge on any atom is 0.264 e. The number of sulfonamides is 1. The maximum absolute atomic E-state index is 13.4. The fourth-order valence-corrected chi connectivity index (χ4v) is 6.25. The first-order chi connectivity index (χ1) is 13.8. The Morgan fingerprint density at radius 3 is 2.34 bits per heavy atom. The lowest BCUT2D eigenvalue weighted by Crippen LogP contribution is -2.46. The van der Waals surface area contributed by atoms with Gasteiger partial charge in [0.1, 0.15) is 6.54 Å². The topological polar surface area (TPSA) is 66.5 Å². The minimum absolute atomic E-state index is 0.176. The van der Waals surface area contributed by atoms with Crippen molar-refractivity contribution < 1.29 is 13.2 Å². The maximum atomic E-state index is 13.4. The largest absolute Gasteiger partial charge is 0.352 e. The number of benzene rings is 2. The van der Waals surface area contributed by atoms with Crippen LogP contribution >= 0.6 is 15.9 Å². The van der Waals surface area contributed by atoms with Crippen LogP contribution < -0.4 is 9.62 Å². The summed E-state index contributed by atoms with van der Waals surface area (Å²) in [4.78, 5) is 13.0. The summed E-state index contributed by atoms with van der Waals surface area (Å²) in [6.45, 7) is 1.68. The molecule has 0 heterocycles. The minimum Gasteiger partial charge on any atom is -0.352 e. The average Bonchev–Trinajstić information content (AvgIpc) is 3.30. The predicted octanol–water partition coefficient (Wildman–Crippen LogP) is 4.26. The molecule has 29 heavy (non-hydrogen) atoms. The molecule has 3 atom stereocenters. The van der Waals surface area contributed by atoms with E-state index in [0.717, 1.165) is 22.9 Å². The number of amides is 1. The fourth-order valence-electron chi connectivity index (χ4n) is 4.56. The average molecular weight is 477 g/mol. The lowest BCUT2D eigenvalue weighted by molar-refractivity contribution is -0.120. The zero-order valence-corrected chi connectivity index (χ0v) is 18.7. The van der Waals surface area contributed by atoms with Crippen LogP contribution in [0.1, 0.15) is 31.2 Å². The second-order valence-electron chi connectivity index (χ2n) is 8.15. The number of rotatable bonds is 6. The molecule has 2 aromatic rings. The number of hydrogen-bond acceptors (Lipinski definition) is 3. The molecule has 1 N–H and O–H groups in total. The van der Waals surface area contributed by atoms with E-state index in [1.54, 1.807) is 48.5 Å². The highest BCUT2D eigenvalue weighted by atomic mass is 79.9. The first kappa shape index (κ1) is 20.4. The molecule has 0 aromatic heterocycles. The van der Waals surface area contributed by atoms with Gasteiger partial charge in [-0.25, -0.2) is 8.42 Å². The van der Waals surface area contributed by atoms with E-state index in [1.807, 2.05) is 6.92 Å². The molecular weight excluding hydrogens is 452 g/mol. The Bertz CT molecular complexity index is 990. The normalized spacial score (nSPS) is 23.2. The van der Waals surface area contributed by atoms with E-state index in [0.29, 0.717) is 17.5 Å². The van der Waals surface area contributed by atoms with Crippen LogP contribution in [0.4, 0.5) is 5.69 Å². The molecule has 7 heteroatoms. The van der Waals surface area contributed by atoms with Crippen LogP contribution in [0.25, 0.3) is 0 Å². The van der Waals surface area contributed by atoms with Crippen LogP contribution in [0, 0.1) is 18.8 Å². The molecule has 154 valence electrons. The molecule has 2 saturated carbocycles. The van der Waals surface area contributed by atoms with Gasteiger partial charge in [-0.2, -0.15) is 0 Å². The molecule has 2 aliphatic carbocycles. The molecule has 0 aliphatic heterocycles. The van der Waals surface area contributed by atoms with Gasteiger partial charge < -0.3 is 5.32 Å². The smallest absolute Gasteiger partial charge is 0.264 e. The van der Waals surface area contributed by atoms with Crippen molar-refractivity contribution in [1.82, 2.24) is 5.32 Å². The van der Waals surface area contributed by atoms with Gasteiger partial charge in [-0.15, -0.1) is 0 Å². The van der Waals surface area contributed by atoms with E-state index in [4.69, 9.17) is 0 Å². The molecule has 0 saturated heterocycles. The standard InChI is InChI=1S/C22H25BrN2O3S/c1-15-2-10-20(11-3-15)29(27,28)25(19-8-6-18(23)7-9-19)14-22(26)24-21-13-16-4-5-17(21)12-16/h2-3,6-11,16-17,21H,4-5,12-14H2,1H3,(H,24,26)/t16-,17+,21+/m0/s1. The highest BCUT2D eigenvalue weighted by molar-refractivity contribution is 9.10. The monoisotopic (exact) mass is 476 g/mol. The molecule has 4 rings (SSSR count). The Labute approximate surface area is 180 Å². The number of carbonyl (C=O) groups is 1. The first-order valence-electron chi connectivity index (χ1n) is 9.97. The summed E-state index contributed by atoms with van der Waals surface area (Å²) in [6, 6.07) is 13.9. The van der Waals surface area contributed by atoms with Crippen LogP contribution in [-0.2, 0) is 14.8 Å². The molecule has 1 amide bonds. The molecule has 2 bridgehead atoms. The lowest BCUT2D eigenvalue weighted by atomic mass is 9.95. The van der Waals surface area contributed by atoms with Gasteiger partial charge in [-0.1, -0.05) is 40.0 Å².